The summed E-state index contributed by atoms with van der Waals surface area (Å²) < 4.78 is 11.3. The van der Waals surface area contributed by atoms with E-state index in [0.29, 0.717) is 12.5 Å². The Morgan fingerprint density at radius 3 is 3.14 bits per heavy atom. The van der Waals surface area contributed by atoms with Crippen LogP contribution in [0.4, 0.5) is 0 Å². The van der Waals surface area contributed by atoms with E-state index in [-0.39, 0.29) is 12.0 Å². The molecule has 0 aliphatic carbocycles. The highest BCUT2D eigenvalue weighted by molar-refractivity contribution is 5.40. The first-order valence-electron chi connectivity index (χ1n) is 7.79. The zero-order valence-corrected chi connectivity index (χ0v) is 12.7. The number of aromatic nitrogens is 2. The molecule has 0 spiro atoms. The molecule has 22 heavy (non-hydrogen) atoms. The van der Waals surface area contributed by atoms with Gasteiger partial charge >= 0.3 is 0 Å². The van der Waals surface area contributed by atoms with Gasteiger partial charge < -0.3 is 14.6 Å². The molecule has 2 unspecified atom stereocenters. The molecule has 1 aromatic carbocycles. The number of fused-ring (bicyclic) bond motifs is 1. The third-order valence-corrected chi connectivity index (χ3v) is 4.52. The minimum absolute atomic E-state index is 0.132. The second-order valence-electron chi connectivity index (χ2n) is 5.92. The summed E-state index contributed by atoms with van der Waals surface area (Å²) in [6.07, 6.45) is 0.872. The highest BCUT2D eigenvalue weighted by atomic mass is 16.5. The fourth-order valence-electron chi connectivity index (χ4n) is 3.22. The summed E-state index contributed by atoms with van der Waals surface area (Å²) in [6, 6.07) is 8.27. The maximum Gasteiger partial charge on any atom is 0.234 e. The fourth-order valence-corrected chi connectivity index (χ4v) is 3.22. The number of para-hydroxylation sites is 1. The first-order chi connectivity index (χ1) is 10.8. The molecule has 0 bridgehead atoms. The number of hydrogen-bond donors (Lipinski definition) is 1. The molecule has 4 rings (SSSR count). The monoisotopic (exact) mass is 300 g/mol. The number of nitrogens with zero attached hydrogens (tertiary/aromatic N) is 3. The molecule has 1 N–H and O–H groups in total. The molecule has 6 heteroatoms. The van der Waals surface area contributed by atoms with Gasteiger partial charge in [0.05, 0.1) is 18.6 Å². The van der Waals surface area contributed by atoms with Crippen LogP contribution in [-0.4, -0.2) is 48.3 Å². The van der Waals surface area contributed by atoms with Crippen LogP contribution in [0.5, 0.6) is 5.75 Å². The minimum atomic E-state index is 0.132. The van der Waals surface area contributed by atoms with Gasteiger partial charge in [-0.15, -0.1) is 0 Å². The van der Waals surface area contributed by atoms with Crippen LogP contribution in [0.1, 0.15) is 35.7 Å². The van der Waals surface area contributed by atoms with E-state index in [1.54, 1.807) is 0 Å². The van der Waals surface area contributed by atoms with Crippen LogP contribution in [-0.2, 0) is 0 Å². The van der Waals surface area contributed by atoms with Crippen LogP contribution >= 0.6 is 0 Å². The molecule has 6 nitrogen and oxygen atoms in total. The number of ether oxygens (including phenoxy) is 1. The largest absolute Gasteiger partial charge is 0.493 e. The maximum absolute atomic E-state index is 5.71. The summed E-state index contributed by atoms with van der Waals surface area (Å²) in [5.41, 5.74) is 1.14. The SMILES string of the molecule is CN1CCNCC1c1noc(C2CCOc3ccccc32)n1. The van der Waals surface area contributed by atoms with E-state index in [2.05, 4.69) is 28.5 Å². The van der Waals surface area contributed by atoms with Gasteiger partial charge in [-0.1, -0.05) is 23.4 Å². The summed E-state index contributed by atoms with van der Waals surface area (Å²) in [5, 5.41) is 7.61. The Bertz CT molecular complexity index is 657. The Kier molecular flexibility index (Phi) is 3.56. The predicted molar refractivity (Wildman–Crippen MR) is 80.9 cm³/mol. The number of hydrogen-bond acceptors (Lipinski definition) is 6. The number of nitrogens with one attached hydrogen (secondary N) is 1. The Morgan fingerprint density at radius 2 is 2.23 bits per heavy atom. The van der Waals surface area contributed by atoms with E-state index < -0.39 is 0 Å². The van der Waals surface area contributed by atoms with Gasteiger partial charge in [0, 0.05) is 25.2 Å². The normalized spacial score (nSPS) is 25.5. The standard InChI is InChI=1S/C16H20N4O2/c1-20-8-7-17-10-13(20)15-18-16(22-19-15)12-6-9-21-14-5-3-2-4-11(12)14/h2-5,12-13,17H,6-10H2,1H3. The van der Waals surface area contributed by atoms with Crippen molar-refractivity contribution in [1.82, 2.24) is 20.4 Å². The van der Waals surface area contributed by atoms with Crippen molar-refractivity contribution in [3.63, 3.8) is 0 Å². The van der Waals surface area contributed by atoms with Crippen LogP contribution in [0.15, 0.2) is 28.8 Å². The van der Waals surface area contributed by atoms with Crippen molar-refractivity contribution >= 4 is 0 Å². The second kappa shape index (κ2) is 5.70. The predicted octanol–water partition coefficient (Wildman–Crippen LogP) is 1.56. The molecule has 1 saturated heterocycles. The Hall–Kier alpha value is -1.92. The lowest BCUT2D eigenvalue weighted by Crippen LogP contribution is -2.44. The van der Waals surface area contributed by atoms with E-state index >= 15 is 0 Å². The number of likely N-dealkylation sites (N-methyl/N-ethyl adjacent to an activating group) is 1. The average molecular weight is 300 g/mol. The van der Waals surface area contributed by atoms with Gasteiger partial charge in [0.15, 0.2) is 5.82 Å². The third-order valence-electron chi connectivity index (χ3n) is 4.52. The lowest BCUT2D eigenvalue weighted by Gasteiger charge is -2.30. The molecular formula is C16H20N4O2. The van der Waals surface area contributed by atoms with Gasteiger partial charge in [-0.2, -0.15) is 4.98 Å². The van der Waals surface area contributed by atoms with Crippen molar-refractivity contribution in [2.75, 3.05) is 33.3 Å². The molecule has 0 saturated carbocycles. The third kappa shape index (κ3) is 2.38. The lowest BCUT2D eigenvalue weighted by atomic mass is 9.93. The molecule has 1 aromatic heterocycles. The van der Waals surface area contributed by atoms with Gasteiger partial charge in [-0.05, 0) is 19.5 Å². The van der Waals surface area contributed by atoms with Gasteiger partial charge in [0.25, 0.3) is 0 Å². The summed E-state index contributed by atoms with van der Waals surface area (Å²) in [6.45, 7) is 3.55. The summed E-state index contributed by atoms with van der Waals surface area (Å²) >= 11 is 0. The Morgan fingerprint density at radius 1 is 1.32 bits per heavy atom. The molecule has 3 heterocycles. The van der Waals surface area contributed by atoms with Crippen LogP contribution in [0.3, 0.4) is 0 Å². The maximum atomic E-state index is 5.71. The lowest BCUT2D eigenvalue weighted by molar-refractivity contribution is 0.190. The molecule has 2 aromatic rings. The molecule has 2 aliphatic rings. The first-order valence-corrected chi connectivity index (χ1v) is 7.79. The van der Waals surface area contributed by atoms with E-state index in [0.717, 1.165) is 43.2 Å². The van der Waals surface area contributed by atoms with Crippen molar-refractivity contribution in [1.29, 1.82) is 0 Å². The average Bonchev–Trinajstić information content (AvgIpc) is 3.04. The molecule has 2 atom stereocenters. The van der Waals surface area contributed by atoms with Crippen molar-refractivity contribution in [3.8, 4) is 5.75 Å². The molecule has 0 amide bonds. The van der Waals surface area contributed by atoms with Gasteiger partial charge in [0.2, 0.25) is 5.89 Å². The topological polar surface area (TPSA) is 63.4 Å². The van der Waals surface area contributed by atoms with Crippen molar-refractivity contribution in [3.05, 3.63) is 41.5 Å². The van der Waals surface area contributed by atoms with Gasteiger partial charge in [-0.25, -0.2) is 0 Å². The van der Waals surface area contributed by atoms with Crippen LogP contribution in [0.25, 0.3) is 0 Å². The Balaban J connectivity index is 1.62. The molecule has 0 radical (unpaired) electrons. The molecule has 2 aliphatic heterocycles. The molecule has 116 valence electrons. The van der Waals surface area contributed by atoms with Crippen molar-refractivity contribution in [2.24, 2.45) is 0 Å². The summed E-state index contributed by atoms with van der Waals surface area (Å²) in [4.78, 5) is 6.96. The quantitative estimate of drug-likeness (QED) is 0.908. The molecule has 1 fully saturated rings. The van der Waals surface area contributed by atoms with E-state index in [1.165, 1.54) is 0 Å². The number of rotatable bonds is 2. The van der Waals surface area contributed by atoms with Crippen LogP contribution < -0.4 is 10.1 Å². The summed E-state index contributed by atoms with van der Waals surface area (Å²) in [7, 11) is 2.10. The minimum Gasteiger partial charge on any atom is -0.493 e. The number of benzene rings is 1. The zero-order valence-electron chi connectivity index (χ0n) is 12.7. The van der Waals surface area contributed by atoms with E-state index in [4.69, 9.17) is 14.2 Å². The van der Waals surface area contributed by atoms with Crippen molar-refractivity contribution in [2.45, 2.75) is 18.4 Å². The fraction of sp³-hybridized carbons (Fsp3) is 0.500. The van der Waals surface area contributed by atoms with Crippen LogP contribution in [0, 0.1) is 0 Å². The van der Waals surface area contributed by atoms with Crippen LogP contribution in [0.2, 0.25) is 0 Å². The van der Waals surface area contributed by atoms with E-state index in [1.807, 2.05) is 18.2 Å². The Labute approximate surface area is 129 Å². The second-order valence-corrected chi connectivity index (χ2v) is 5.92. The van der Waals surface area contributed by atoms with Gasteiger partial charge in [-0.3, -0.25) is 4.90 Å². The zero-order chi connectivity index (χ0) is 14.9. The first kappa shape index (κ1) is 13.7. The number of piperazine rings is 1. The molecular weight excluding hydrogens is 280 g/mol. The highest BCUT2D eigenvalue weighted by Gasteiger charge is 2.30. The smallest absolute Gasteiger partial charge is 0.234 e. The van der Waals surface area contributed by atoms with E-state index in [9.17, 15) is 0 Å². The van der Waals surface area contributed by atoms with Crippen molar-refractivity contribution < 1.29 is 9.26 Å². The highest BCUT2D eigenvalue weighted by Crippen LogP contribution is 2.37. The summed E-state index contributed by atoms with van der Waals surface area (Å²) in [5.74, 6) is 2.53. The van der Waals surface area contributed by atoms with Gasteiger partial charge in [0.1, 0.15) is 5.75 Å².